The third kappa shape index (κ3) is 5.44. The van der Waals surface area contributed by atoms with Crippen molar-refractivity contribution in [3.05, 3.63) is 40.2 Å². The van der Waals surface area contributed by atoms with Crippen LogP contribution in [0.1, 0.15) is 0 Å². The molecule has 0 radical (unpaired) electrons. The van der Waals surface area contributed by atoms with Crippen LogP contribution >= 0.6 is 34.8 Å². The molecule has 5 nitrogen and oxygen atoms in total. The Hall–Kier alpha value is -1.17. The molecule has 0 bridgehead atoms. The minimum Gasteiger partial charge on any atom is -0.361 e. The summed E-state index contributed by atoms with van der Waals surface area (Å²) in [6.07, 6.45) is 6.02. The maximum Gasteiger partial charge on any atom is 0.149 e. The van der Waals surface area contributed by atoms with E-state index < -0.39 is 0 Å². The monoisotopic (exact) mass is 305 g/mol. The van der Waals surface area contributed by atoms with Crippen LogP contribution in [0.15, 0.2) is 24.8 Å². The number of anilines is 1. The van der Waals surface area contributed by atoms with Crippen LogP contribution in [-0.2, 0) is 0 Å². The third-order valence-corrected chi connectivity index (χ3v) is 2.17. The van der Waals surface area contributed by atoms with Gasteiger partial charge in [0.25, 0.3) is 0 Å². The van der Waals surface area contributed by atoms with Crippen molar-refractivity contribution in [3.8, 4) is 0 Å². The SMILES string of the molecule is CN(C)c1cncc(Cl)n1.Clc1cncc(Cl)n1. The van der Waals surface area contributed by atoms with Gasteiger partial charge in [-0.25, -0.2) is 9.97 Å². The van der Waals surface area contributed by atoms with Crippen molar-refractivity contribution in [2.75, 3.05) is 19.0 Å². The molecule has 0 fully saturated rings. The van der Waals surface area contributed by atoms with Crippen molar-refractivity contribution in [1.29, 1.82) is 0 Å². The maximum atomic E-state index is 5.59. The molecule has 2 aromatic rings. The fraction of sp³-hybridized carbons (Fsp3) is 0.200. The quantitative estimate of drug-likeness (QED) is 0.810. The summed E-state index contributed by atoms with van der Waals surface area (Å²) in [7, 11) is 3.78. The lowest BCUT2D eigenvalue weighted by Crippen LogP contribution is -2.10. The molecule has 2 heterocycles. The van der Waals surface area contributed by atoms with Crippen LogP contribution in [0.4, 0.5) is 5.82 Å². The van der Waals surface area contributed by atoms with Gasteiger partial charge < -0.3 is 4.90 Å². The summed E-state index contributed by atoms with van der Waals surface area (Å²) < 4.78 is 0. The summed E-state index contributed by atoms with van der Waals surface area (Å²) in [5.41, 5.74) is 0. The molecule has 0 aliphatic carbocycles. The van der Waals surface area contributed by atoms with Gasteiger partial charge in [-0.2, -0.15) is 0 Å². The van der Waals surface area contributed by atoms with Crippen molar-refractivity contribution in [1.82, 2.24) is 19.9 Å². The van der Waals surface area contributed by atoms with E-state index in [2.05, 4.69) is 19.9 Å². The number of hydrogen-bond donors (Lipinski definition) is 0. The van der Waals surface area contributed by atoms with Crippen LogP contribution in [-0.4, -0.2) is 34.0 Å². The highest BCUT2D eigenvalue weighted by Crippen LogP contribution is 2.08. The number of hydrogen-bond acceptors (Lipinski definition) is 5. The Kier molecular flexibility index (Phi) is 6.04. The molecule has 8 heteroatoms. The zero-order chi connectivity index (χ0) is 13.5. The Balaban J connectivity index is 0.000000184. The minimum atomic E-state index is 0.317. The molecule has 0 unspecified atom stereocenters. The predicted molar refractivity (Wildman–Crippen MR) is 73.4 cm³/mol. The fourth-order valence-electron chi connectivity index (χ4n) is 0.868. The van der Waals surface area contributed by atoms with E-state index in [0.717, 1.165) is 5.82 Å². The molecule has 2 aromatic heterocycles. The molecular weight excluding hydrogens is 297 g/mol. The van der Waals surface area contributed by atoms with Crippen molar-refractivity contribution in [2.45, 2.75) is 0 Å². The fourth-order valence-corrected chi connectivity index (χ4v) is 1.35. The van der Waals surface area contributed by atoms with Gasteiger partial charge in [-0.1, -0.05) is 34.8 Å². The average Bonchev–Trinajstić information content (AvgIpc) is 2.29. The zero-order valence-electron chi connectivity index (χ0n) is 9.68. The van der Waals surface area contributed by atoms with E-state index in [1.165, 1.54) is 18.6 Å². The second-order valence-electron chi connectivity index (χ2n) is 3.26. The standard InChI is InChI=1S/C6H8ClN3.C4H2Cl2N2/c1-10(2)6-4-8-3-5(7)9-6;5-3-1-7-2-4(6)8-3/h3-4H,1-2H3;1-2H. The van der Waals surface area contributed by atoms with Crippen LogP contribution < -0.4 is 4.90 Å². The first-order chi connectivity index (χ1) is 8.49. The molecule has 0 aliphatic heterocycles. The molecular formula is C10H10Cl3N5. The van der Waals surface area contributed by atoms with Crippen molar-refractivity contribution in [2.24, 2.45) is 0 Å². The van der Waals surface area contributed by atoms with Crippen LogP contribution in [0.5, 0.6) is 0 Å². The smallest absolute Gasteiger partial charge is 0.149 e. The lowest BCUT2D eigenvalue weighted by atomic mass is 10.6. The number of aromatic nitrogens is 4. The molecule has 0 spiro atoms. The first-order valence-corrected chi connectivity index (χ1v) is 5.90. The molecule has 2 rings (SSSR count). The average molecular weight is 307 g/mol. The van der Waals surface area contributed by atoms with Gasteiger partial charge in [0.1, 0.15) is 21.3 Å². The molecule has 0 saturated heterocycles. The highest BCUT2D eigenvalue weighted by Gasteiger charge is 1.96. The first-order valence-electron chi connectivity index (χ1n) is 4.77. The molecule has 18 heavy (non-hydrogen) atoms. The Morgan fingerprint density at radius 2 is 1.22 bits per heavy atom. The van der Waals surface area contributed by atoms with Crippen LogP contribution in [0.3, 0.4) is 0 Å². The van der Waals surface area contributed by atoms with Gasteiger partial charge in [-0.3, -0.25) is 9.97 Å². The third-order valence-electron chi connectivity index (χ3n) is 1.63. The second kappa shape index (κ2) is 7.31. The number of nitrogens with zero attached hydrogens (tertiary/aromatic N) is 5. The topological polar surface area (TPSA) is 54.8 Å². The summed E-state index contributed by atoms with van der Waals surface area (Å²) in [4.78, 5) is 17.0. The molecule has 0 amide bonds. The summed E-state index contributed by atoms with van der Waals surface area (Å²) in [5.74, 6) is 0.771. The first kappa shape index (κ1) is 14.9. The highest BCUT2D eigenvalue weighted by atomic mass is 35.5. The number of halogens is 3. The lowest BCUT2D eigenvalue weighted by molar-refractivity contribution is 1.04. The van der Waals surface area contributed by atoms with Crippen molar-refractivity contribution < 1.29 is 0 Å². The zero-order valence-corrected chi connectivity index (χ0v) is 11.9. The van der Waals surface area contributed by atoms with Gasteiger partial charge in [0.15, 0.2) is 0 Å². The molecule has 0 saturated carbocycles. The largest absolute Gasteiger partial charge is 0.361 e. The second-order valence-corrected chi connectivity index (χ2v) is 4.42. The number of rotatable bonds is 1. The Labute approximate surface area is 120 Å². The Morgan fingerprint density at radius 3 is 1.50 bits per heavy atom. The molecule has 0 aromatic carbocycles. The van der Waals surface area contributed by atoms with Crippen LogP contribution in [0, 0.1) is 0 Å². The van der Waals surface area contributed by atoms with Gasteiger partial charge in [0.2, 0.25) is 0 Å². The van der Waals surface area contributed by atoms with Gasteiger partial charge in [-0.05, 0) is 0 Å². The molecule has 0 atom stereocenters. The molecule has 96 valence electrons. The summed E-state index contributed by atoms with van der Waals surface area (Å²) in [5, 5.41) is 1.06. The Morgan fingerprint density at radius 1 is 0.778 bits per heavy atom. The van der Waals surface area contributed by atoms with E-state index in [9.17, 15) is 0 Å². The van der Waals surface area contributed by atoms with Crippen LogP contribution in [0.25, 0.3) is 0 Å². The normalized spacial score (nSPS) is 9.39. The van der Waals surface area contributed by atoms with Crippen LogP contribution in [0.2, 0.25) is 15.5 Å². The summed E-state index contributed by atoms with van der Waals surface area (Å²) in [6, 6.07) is 0. The van der Waals surface area contributed by atoms with Gasteiger partial charge in [0.05, 0.1) is 24.8 Å². The molecule has 0 N–H and O–H groups in total. The van der Waals surface area contributed by atoms with E-state index >= 15 is 0 Å². The van der Waals surface area contributed by atoms with E-state index in [-0.39, 0.29) is 0 Å². The van der Waals surface area contributed by atoms with E-state index in [4.69, 9.17) is 34.8 Å². The predicted octanol–water partition coefficient (Wildman–Crippen LogP) is 2.98. The minimum absolute atomic E-state index is 0.317. The van der Waals surface area contributed by atoms with E-state index in [0.29, 0.717) is 15.5 Å². The lowest BCUT2D eigenvalue weighted by Gasteiger charge is -2.09. The van der Waals surface area contributed by atoms with E-state index in [1.54, 1.807) is 6.20 Å². The maximum absolute atomic E-state index is 5.59. The van der Waals surface area contributed by atoms with Gasteiger partial charge in [0, 0.05) is 14.1 Å². The molecule has 0 aliphatic rings. The summed E-state index contributed by atoms with van der Waals surface area (Å²) >= 11 is 16.4. The van der Waals surface area contributed by atoms with Gasteiger partial charge >= 0.3 is 0 Å². The van der Waals surface area contributed by atoms with E-state index in [1.807, 2.05) is 19.0 Å². The van der Waals surface area contributed by atoms with Crippen molar-refractivity contribution in [3.63, 3.8) is 0 Å². The highest BCUT2D eigenvalue weighted by molar-refractivity contribution is 6.32. The van der Waals surface area contributed by atoms with Crippen molar-refractivity contribution >= 4 is 40.6 Å². The summed E-state index contributed by atoms with van der Waals surface area (Å²) in [6.45, 7) is 0. The van der Waals surface area contributed by atoms with Gasteiger partial charge in [-0.15, -0.1) is 0 Å². The Bertz CT molecular complexity index is 489.